The minimum Gasteiger partial charge on any atom is -0.493 e. The fourth-order valence-corrected chi connectivity index (χ4v) is 2.83. The molecule has 2 aromatic rings. The summed E-state index contributed by atoms with van der Waals surface area (Å²) in [6.07, 6.45) is 2.31. The van der Waals surface area contributed by atoms with Gasteiger partial charge in [0.2, 0.25) is 0 Å². The number of nitrogens with zero attached hydrogens (tertiary/aromatic N) is 1. The van der Waals surface area contributed by atoms with E-state index in [9.17, 15) is 8.42 Å². The predicted octanol–water partition coefficient (Wildman–Crippen LogP) is 3.10. The molecule has 0 saturated carbocycles. The van der Waals surface area contributed by atoms with Crippen molar-refractivity contribution in [3.8, 4) is 11.5 Å². The summed E-state index contributed by atoms with van der Waals surface area (Å²) >= 11 is 0. The fraction of sp³-hybridized carbons (Fsp3) is 0.278. The molecule has 0 radical (unpaired) electrons. The van der Waals surface area contributed by atoms with E-state index in [1.54, 1.807) is 37.4 Å². The average molecular weight is 362 g/mol. The van der Waals surface area contributed by atoms with Gasteiger partial charge in [0.05, 0.1) is 24.8 Å². The molecule has 0 aliphatic heterocycles. The van der Waals surface area contributed by atoms with Gasteiger partial charge >= 0.3 is 0 Å². The first-order chi connectivity index (χ1) is 12.0. The Balaban J connectivity index is 2.09. The van der Waals surface area contributed by atoms with Crippen LogP contribution in [-0.2, 0) is 10.0 Å². The summed E-state index contributed by atoms with van der Waals surface area (Å²) in [5.74, 6) is 1.21. The maximum Gasteiger partial charge on any atom is 0.276 e. The van der Waals surface area contributed by atoms with E-state index in [0.717, 1.165) is 12.0 Å². The van der Waals surface area contributed by atoms with Gasteiger partial charge in [-0.25, -0.2) is 4.83 Å². The first-order valence-corrected chi connectivity index (χ1v) is 9.37. The van der Waals surface area contributed by atoms with E-state index in [0.29, 0.717) is 23.7 Å². The highest BCUT2D eigenvalue weighted by atomic mass is 32.2. The zero-order valence-corrected chi connectivity index (χ0v) is 15.3. The molecule has 1 N–H and O–H groups in total. The number of hydrogen-bond donors (Lipinski definition) is 1. The van der Waals surface area contributed by atoms with Crippen LogP contribution in [0.2, 0.25) is 0 Å². The molecule has 0 fully saturated rings. The molecule has 2 aromatic carbocycles. The summed E-state index contributed by atoms with van der Waals surface area (Å²) in [6, 6.07) is 11.8. The average Bonchev–Trinajstić information content (AvgIpc) is 2.60. The van der Waals surface area contributed by atoms with E-state index in [1.807, 2.05) is 13.8 Å². The SMILES string of the molecule is CCCOc1ccc(/C=N\NS(=O)(=O)c2ccc(C)cc2)cc1OC. The molecule has 0 spiro atoms. The van der Waals surface area contributed by atoms with Crippen molar-refractivity contribution in [2.45, 2.75) is 25.2 Å². The molecule has 6 nitrogen and oxygen atoms in total. The lowest BCUT2D eigenvalue weighted by Gasteiger charge is -2.10. The monoisotopic (exact) mass is 362 g/mol. The van der Waals surface area contributed by atoms with Crippen LogP contribution in [0.3, 0.4) is 0 Å². The van der Waals surface area contributed by atoms with Gasteiger partial charge in [0.1, 0.15) is 0 Å². The van der Waals surface area contributed by atoms with E-state index >= 15 is 0 Å². The summed E-state index contributed by atoms with van der Waals surface area (Å²) in [6.45, 7) is 4.51. The zero-order valence-electron chi connectivity index (χ0n) is 14.5. The minimum absolute atomic E-state index is 0.163. The Labute approximate surface area is 148 Å². The summed E-state index contributed by atoms with van der Waals surface area (Å²) < 4.78 is 35.2. The van der Waals surface area contributed by atoms with Crippen molar-refractivity contribution in [1.29, 1.82) is 0 Å². The Hall–Kier alpha value is -2.54. The number of hydrazone groups is 1. The quantitative estimate of drug-likeness (QED) is 0.578. The molecule has 0 aliphatic carbocycles. The second-order valence-corrected chi connectivity index (χ2v) is 7.09. The maximum atomic E-state index is 12.2. The van der Waals surface area contributed by atoms with Crippen LogP contribution < -0.4 is 14.3 Å². The number of methoxy groups -OCH3 is 1. The van der Waals surface area contributed by atoms with Crippen LogP contribution in [-0.4, -0.2) is 28.3 Å². The summed E-state index contributed by atoms with van der Waals surface area (Å²) in [4.78, 5) is 2.36. The number of nitrogens with one attached hydrogen (secondary N) is 1. The van der Waals surface area contributed by atoms with Crippen LogP contribution in [0.4, 0.5) is 0 Å². The van der Waals surface area contributed by atoms with E-state index in [1.165, 1.54) is 18.3 Å². The van der Waals surface area contributed by atoms with E-state index in [2.05, 4.69) is 9.93 Å². The minimum atomic E-state index is -3.69. The van der Waals surface area contributed by atoms with Gasteiger partial charge in [-0.3, -0.25) is 0 Å². The molecular weight excluding hydrogens is 340 g/mol. The largest absolute Gasteiger partial charge is 0.493 e. The van der Waals surface area contributed by atoms with Crippen molar-refractivity contribution in [2.24, 2.45) is 5.10 Å². The van der Waals surface area contributed by atoms with Crippen molar-refractivity contribution in [3.63, 3.8) is 0 Å². The fourth-order valence-electron chi connectivity index (χ4n) is 2.04. The van der Waals surface area contributed by atoms with Gasteiger partial charge in [-0.2, -0.15) is 13.5 Å². The zero-order chi connectivity index (χ0) is 18.3. The molecular formula is C18H22N2O4S. The van der Waals surface area contributed by atoms with Gasteiger partial charge < -0.3 is 9.47 Å². The summed E-state index contributed by atoms with van der Waals surface area (Å²) in [5.41, 5.74) is 1.67. The van der Waals surface area contributed by atoms with Crippen molar-refractivity contribution in [1.82, 2.24) is 4.83 Å². The highest BCUT2D eigenvalue weighted by molar-refractivity contribution is 7.89. The molecule has 0 amide bonds. The van der Waals surface area contributed by atoms with Gasteiger partial charge in [0, 0.05) is 0 Å². The predicted molar refractivity (Wildman–Crippen MR) is 97.9 cm³/mol. The lowest BCUT2D eigenvalue weighted by Crippen LogP contribution is -2.18. The Morgan fingerprint density at radius 2 is 1.84 bits per heavy atom. The molecule has 25 heavy (non-hydrogen) atoms. The maximum absolute atomic E-state index is 12.2. The van der Waals surface area contributed by atoms with E-state index in [4.69, 9.17) is 9.47 Å². The molecule has 0 bridgehead atoms. The highest BCUT2D eigenvalue weighted by Gasteiger charge is 2.12. The lowest BCUT2D eigenvalue weighted by molar-refractivity contribution is 0.294. The number of rotatable bonds is 8. The number of hydrogen-bond acceptors (Lipinski definition) is 5. The first-order valence-electron chi connectivity index (χ1n) is 7.88. The third kappa shape index (κ3) is 5.22. The molecule has 0 aliphatic rings. The summed E-state index contributed by atoms with van der Waals surface area (Å²) in [5, 5.41) is 3.82. The second-order valence-electron chi connectivity index (χ2n) is 5.42. The number of aryl methyl sites for hydroxylation is 1. The lowest BCUT2D eigenvalue weighted by atomic mass is 10.2. The van der Waals surface area contributed by atoms with Crippen LogP contribution in [0.1, 0.15) is 24.5 Å². The van der Waals surface area contributed by atoms with Crippen LogP contribution >= 0.6 is 0 Å². The normalized spacial score (nSPS) is 11.5. The first kappa shape index (κ1) is 18.8. The van der Waals surface area contributed by atoms with Crippen molar-refractivity contribution >= 4 is 16.2 Å². The number of ether oxygens (including phenoxy) is 2. The van der Waals surface area contributed by atoms with Crippen LogP contribution in [0.25, 0.3) is 0 Å². The van der Waals surface area contributed by atoms with Gasteiger partial charge in [0.15, 0.2) is 11.5 Å². The molecule has 0 unspecified atom stereocenters. The van der Waals surface area contributed by atoms with Crippen molar-refractivity contribution in [3.05, 3.63) is 53.6 Å². The van der Waals surface area contributed by atoms with Gasteiger partial charge in [-0.15, -0.1) is 0 Å². The Morgan fingerprint density at radius 1 is 1.12 bits per heavy atom. The van der Waals surface area contributed by atoms with Crippen molar-refractivity contribution < 1.29 is 17.9 Å². The van der Waals surface area contributed by atoms with Gasteiger partial charge in [-0.1, -0.05) is 24.6 Å². The third-order valence-corrected chi connectivity index (χ3v) is 4.61. The van der Waals surface area contributed by atoms with E-state index in [-0.39, 0.29) is 4.90 Å². The Kier molecular flexibility index (Phi) is 6.41. The standard InChI is InChI=1S/C18H22N2O4S/c1-4-11-24-17-10-7-15(12-18(17)23-3)13-19-20-25(21,22)16-8-5-14(2)6-9-16/h5-10,12-13,20H,4,11H2,1-3H3/b19-13-. The van der Waals surface area contributed by atoms with E-state index < -0.39 is 10.0 Å². The van der Waals surface area contributed by atoms with Gasteiger partial charge in [-0.05, 0) is 49.2 Å². The smallest absolute Gasteiger partial charge is 0.276 e. The molecule has 7 heteroatoms. The van der Waals surface area contributed by atoms with Crippen LogP contribution in [0.15, 0.2) is 52.5 Å². The molecule has 0 aromatic heterocycles. The molecule has 0 heterocycles. The summed E-state index contributed by atoms with van der Waals surface area (Å²) in [7, 11) is -2.14. The van der Waals surface area contributed by atoms with Crippen LogP contribution in [0, 0.1) is 6.92 Å². The Bertz CT molecular complexity index is 831. The second kappa shape index (κ2) is 8.53. The molecule has 2 rings (SSSR count). The number of sulfonamides is 1. The third-order valence-electron chi connectivity index (χ3n) is 3.37. The molecule has 134 valence electrons. The topological polar surface area (TPSA) is 77.0 Å². The van der Waals surface area contributed by atoms with Gasteiger partial charge in [0.25, 0.3) is 10.0 Å². The van der Waals surface area contributed by atoms with Crippen LogP contribution in [0.5, 0.6) is 11.5 Å². The number of benzene rings is 2. The molecule has 0 atom stereocenters. The Morgan fingerprint density at radius 3 is 2.48 bits per heavy atom. The highest BCUT2D eigenvalue weighted by Crippen LogP contribution is 2.27. The van der Waals surface area contributed by atoms with Crippen molar-refractivity contribution in [2.75, 3.05) is 13.7 Å². The molecule has 0 saturated heterocycles.